The average molecular weight is 297 g/mol. The van der Waals surface area contributed by atoms with Crippen LogP contribution in [0.25, 0.3) is 5.65 Å². The first-order valence-electron chi connectivity index (χ1n) is 5.61. The Morgan fingerprint density at radius 2 is 2.35 bits per heavy atom. The molecule has 0 spiro atoms. The van der Waals surface area contributed by atoms with E-state index in [2.05, 4.69) is 37.8 Å². The Labute approximate surface area is 108 Å². The second kappa shape index (κ2) is 4.27. The van der Waals surface area contributed by atoms with E-state index in [9.17, 15) is 0 Å². The number of hydrogen-bond donors (Lipinski definition) is 0. The molecule has 0 amide bonds. The van der Waals surface area contributed by atoms with Crippen molar-refractivity contribution in [3.8, 4) is 0 Å². The zero-order chi connectivity index (χ0) is 11.8. The summed E-state index contributed by atoms with van der Waals surface area (Å²) in [4.78, 5) is 6.47. The number of anilines is 1. The van der Waals surface area contributed by atoms with Crippen LogP contribution in [0, 0.1) is 0 Å². The minimum Gasteiger partial charge on any atom is -0.375 e. The summed E-state index contributed by atoms with van der Waals surface area (Å²) in [5.74, 6) is 0.964. The van der Waals surface area contributed by atoms with Gasteiger partial charge in [0, 0.05) is 13.1 Å². The molecule has 6 heteroatoms. The minimum atomic E-state index is 0.257. The molecule has 1 fully saturated rings. The van der Waals surface area contributed by atoms with Crippen molar-refractivity contribution in [2.75, 3.05) is 24.6 Å². The van der Waals surface area contributed by atoms with E-state index in [1.54, 1.807) is 10.7 Å². The number of aromatic nitrogens is 3. The lowest BCUT2D eigenvalue weighted by Gasteiger charge is -2.31. The molecule has 0 bridgehead atoms. The number of fused-ring (bicyclic) bond motifs is 1. The largest absolute Gasteiger partial charge is 0.375 e. The van der Waals surface area contributed by atoms with Crippen LogP contribution < -0.4 is 4.90 Å². The molecule has 0 N–H and O–H groups in total. The third kappa shape index (κ3) is 2.02. The van der Waals surface area contributed by atoms with Crippen molar-refractivity contribution in [1.82, 2.24) is 14.6 Å². The predicted octanol–water partition coefficient (Wildman–Crippen LogP) is 1.72. The molecule has 3 heterocycles. The van der Waals surface area contributed by atoms with Crippen LogP contribution in [0.2, 0.25) is 0 Å². The average Bonchev–Trinajstić information content (AvgIpc) is 2.71. The molecule has 0 aliphatic carbocycles. The lowest BCUT2D eigenvalue weighted by atomic mass is 10.3. The van der Waals surface area contributed by atoms with Gasteiger partial charge in [0.05, 0.1) is 18.9 Å². The number of imidazole rings is 1. The Bertz CT molecular complexity index is 541. The summed E-state index contributed by atoms with van der Waals surface area (Å²) in [5, 5.41) is 4.57. The van der Waals surface area contributed by atoms with E-state index in [4.69, 9.17) is 4.74 Å². The van der Waals surface area contributed by atoms with Crippen LogP contribution in [0.5, 0.6) is 0 Å². The molecule has 1 unspecified atom stereocenters. The van der Waals surface area contributed by atoms with Gasteiger partial charge in [-0.2, -0.15) is 0 Å². The van der Waals surface area contributed by atoms with E-state index < -0.39 is 0 Å². The van der Waals surface area contributed by atoms with E-state index >= 15 is 0 Å². The number of morpholine rings is 1. The monoisotopic (exact) mass is 296 g/mol. The summed E-state index contributed by atoms with van der Waals surface area (Å²) in [5.41, 5.74) is 0.849. The van der Waals surface area contributed by atoms with Crippen LogP contribution in [0.1, 0.15) is 6.92 Å². The highest BCUT2D eigenvalue weighted by Gasteiger charge is 2.18. The van der Waals surface area contributed by atoms with Crippen molar-refractivity contribution < 1.29 is 4.74 Å². The summed E-state index contributed by atoms with van der Waals surface area (Å²) >= 11 is 3.43. The van der Waals surface area contributed by atoms with E-state index in [1.165, 1.54) is 0 Å². The molecule has 2 aromatic rings. The summed E-state index contributed by atoms with van der Waals surface area (Å²) < 4.78 is 8.20. The predicted molar refractivity (Wildman–Crippen MR) is 68.3 cm³/mol. The van der Waals surface area contributed by atoms with E-state index in [-0.39, 0.29) is 6.10 Å². The molecule has 1 aliphatic rings. The van der Waals surface area contributed by atoms with Crippen molar-refractivity contribution >= 4 is 27.4 Å². The van der Waals surface area contributed by atoms with Crippen molar-refractivity contribution in [2.24, 2.45) is 0 Å². The fourth-order valence-corrected chi connectivity index (χ4v) is 2.39. The molecule has 2 aromatic heterocycles. The van der Waals surface area contributed by atoms with Crippen molar-refractivity contribution in [3.63, 3.8) is 0 Å². The first kappa shape index (κ1) is 11.0. The lowest BCUT2D eigenvalue weighted by Crippen LogP contribution is -2.41. The third-order valence-corrected chi connectivity index (χ3v) is 3.41. The fraction of sp³-hybridized carbons (Fsp3) is 0.455. The maximum atomic E-state index is 5.53. The van der Waals surface area contributed by atoms with Gasteiger partial charge in [0.25, 0.3) is 0 Å². The molecule has 1 saturated heterocycles. The summed E-state index contributed by atoms with van der Waals surface area (Å²) in [7, 11) is 0. The van der Waals surface area contributed by atoms with Gasteiger partial charge in [-0.15, -0.1) is 5.10 Å². The van der Waals surface area contributed by atoms with Crippen LogP contribution in [0.15, 0.2) is 22.9 Å². The molecule has 1 aliphatic heterocycles. The maximum absolute atomic E-state index is 5.53. The van der Waals surface area contributed by atoms with Gasteiger partial charge in [-0.25, -0.2) is 9.50 Å². The Morgan fingerprint density at radius 3 is 3.18 bits per heavy atom. The van der Waals surface area contributed by atoms with Gasteiger partial charge in [0.1, 0.15) is 10.4 Å². The third-order valence-electron chi connectivity index (χ3n) is 2.87. The van der Waals surface area contributed by atoms with Crippen LogP contribution in [-0.2, 0) is 4.74 Å². The van der Waals surface area contributed by atoms with Gasteiger partial charge in [0.2, 0.25) is 0 Å². The van der Waals surface area contributed by atoms with Gasteiger partial charge < -0.3 is 9.64 Å². The molecule has 0 radical (unpaired) electrons. The van der Waals surface area contributed by atoms with Gasteiger partial charge >= 0.3 is 0 Å². The summed E-state index contributed by atoms with van der Waals surface area (Å²) in [6.45, 7) is 4.60. The van der Waals surface area contributed by atoms with Crippen molar-refractivity contribution in [1.29, 1.82) is 0 Å². The molecule has 5 nitrogen and oxygen atoms in total. The Morgan fingerprint density at radius 1 is 1.47 bits per heavy atom. The zero-order valence-electron chi connectivity index (χ0n) is 9.51. The van der Waals surface area contributed by atoms with E-state index in [1.807, 2.05) is 12.1 Å². The van der Waals surface area contributed by atoms with Gasteiger partial charge in [-0.05, 0) is 35.0 Å². The van der Waals surface area contributed by atoms with Gasteiger partial charge in [-0.3, -0.25) is 0 Å². The zero-order valence-corrected chi connectivity index (χ0v) is 11.1. The lowest BCUT2D eigenvalue weighted by molar-refractivity contribution is 0.0528. The molecular weight excluding hydrogens is 284 g/mol. The van der Waals surface area contributed by atoms with Crippen molar-refractivity contribution in [3.05, 3.63) is 22.9 Å². The van der Waals surface area contributed by atoms with Crippen LogP contribution in [-0.4, -0.2) is 40.4 Å². The highest BCUT2D eigenvalue weighted by molar-refractivity contribution is 9.10. The van der Waals surface area contributed by atoms with Crippen LogP contribution in [0.3, 0.4) is 0 Å². The topological polar surface area (TPSA) is 42.7 Å². The second-order valence-electron chi connectivity index (χ2n) is 4.17. The number of hydrogen-bond acceptors (Lipinski definition) is 4. The number of rotatable bonds is 1. The first-order chi connectivity index (χ1) is 8.24. The fourth-order valence-electron chi connectivity index (χ4n) is 2.03. The van der Waals surface area contributed by atoms with Crippen LogP contribution >= 0.6 is 15.9 Å². The molecule has 90 valence electrons. The molecule has 17 heavy (non-hydrogen) atoms. The highest BCUT2D eigenvalue weighted by Crippen LogP contribution is 2.18. The first-order valence-corrected chi connectivity index (χ1v) is 6.40. The Hall–Kier alpha value is -1.14. The minimum absolute atomic E-state index is 0.257. The quantitative estimate of drug-likeness (QED) is 0.804. The van der Waals surface area contributed by atoms with E-state index in [0.717, 1.165) is 35.8 Å². The number of halogens is 1. The van der Waals surface area contributed by atoms with Gasteiger partial charge in [-0.1, -0.05) is 0 Å². The smallest absolute Gasteiger partial charge is 0.154 e. The van der Waals surface area contributed by atoms with E-state index in [0.29, 0.717) is 0 Å². The molecular formula is C11H13BrN4O. The molecule has 1 atom stereocenters. The Balaban J connectivity index is 1.96. The highest BCUT2D eigenvalue weighted by atomic mass is 79.9. The maximum Gasteiger partial charge on any atom is 0.154 e. The second-order valence-corrected chi connectivity index (χ2v) is 4.98. The Kier molecular flexibility index (Phi) is 2.76. The van der Waals surface area contributed by atoms with Crippen LogP contribution in [0.4, 0.5) is 5.82 Å². The van der Waals surface area contributed by atoms with Crippen molar-refractivity contribution in [2.45, 2.75) is 13.0 Å². The van der Waals surface area contributed by atoms with Gasteiger partial charge in [0.15, 0.2) is 5.65 Å². The normalized spacial score (nSPS) is 21.1. The standard InChI is InChI=1S/C11H13BrN4O/c1-8-7-15(4-5-17-8)11-3-2-10-13-6-9(12)16(10)14-11/h2-3,6,8H,4-5,7H2,1H3. The molecule has 0 saturated carbocycles. The number of ether oxygens (including phenoxy) is 1. The summed E-state index contributed by atoms with van der Waals surface area (Å²) in [6.07, 6.45) is 2.01. The summed E-state index contributed by atoms with van der Waals surface area (Å²) in [6, 6.07) is 3.99. The number of nitrogens with zero attached hydrogens (tertiary/aromatic N) is 4. The molecule has 0 aromatic carbocycles. The molecule has 3 rings (SSSR count). The SMILES string of the molecule is CC1CN(c2ccc3ncc(Br)n3n2)CCO1.